The topological polar surface area (TPSA) is 38.7 Å². The molecular formula is C9H3ClF3N3. The van der Waals surface area contributed by atoms with E-state index in [0.717, 1.165) is 0 Å². The Morgan fingerprint density at radius 1 is 1.25 bits per heavy atom. The van der Waals surface area contributed by atoms with Crippen LogP contribution < -0.4 is 0 Å². The van der Waals surface area contributed by atoms with Crippen LogP contribution in [0.3, 0.4) is 0 Å². The van der Waals surface area contributed by atoms with Crippen molar-refractivity contribution in [3.63, 3.8) is 0 Å². The van der Waals surface area contributed by atoms with E-state index >= 15 is 0 Å². The van der Waals surface area contributed by atoms with E-state index in [1.54, 1.807) is 0 Å². The van der Waals surface area contributed by atoms with Crippen LogP contribution >= 0.6 is 11.6 Å². The third kappa shape index (κ3) is 1.92. The summed E-state index contributed by atoms with van der Waals surface area (Å²) in [5.41, 5.74) is -0.434. The van der Waals surface area contributed by atoms with Gasteiger partial charge in [-0.15, -0.1) is 0 Å². The number of nitrogens with zero attached hydrogens (tertiary/aromatic N) is 3. The fraction of sp³-hybridized carbons (Fsp3) is 0.111. The van der Waals surface area contributed by atoms with Gasteiger partial charge in [0.1, 0.15) is 0 Å². The van der Waals surface area contributed by atoms with Crippen LogP contribution in [0, 0.1) is 6.92 Å². The van der Waals surface area contributed by atoms with Gasteiger partial charge in [0, 0.05) is 18.5 Å². The molecule has 0 saturated carbocycles. The second-order valence-electron chi connectivity index (χ2n) is 2.95. The van der Waals surface area contributed by atoms with Crippen LogP contribution in [0.15, 0.2) is 12.3 Å². The molecule has 82 valence electrons. The molecule has 3 nitrogen and oxygen atoms in total. The van der Waals surface area contributed by atoms with Gasteiger partial charge in [-0.1, -0.05) is 11.6 Å². The molecule has 2 aromatic rings. The van der Waals surface area contributed by atoms with E-state index in [0.29, 0.717) is 0 Å². The SMILES string of the molecule is [CH]c1nc(C(F)(F)F)nc2ncc(Cl)cc12. The summed E-state index contributed by atoms with van der Waals surface area (Å²) in [7, 11) is 0. The highest BCUT2D eigenvalue weighted by Gasteiger charge is 2.35. The zero-order valence-electron chi connectivity index (χ0n) is 7.59. The summed E-state index contributed by atoms with van der Waals surface area (Å²) in [6.45, 7) is 5.37. The molecule has 2 radical (unpaired) electrons. The molecule has 0 N–H and O–H groups in total. The van der Waals surface area contributed by atoms with E-state index < -0.39 is 12.0 Å². The molecule has 0 aliphatic carbocycles. The van der Waals surface area contributed by atoms with Crippen LogP contribution in [0.5, 0.6) is 0 Å². The number of pyridine rings is 1. The number of fused-ring (bicyclic) bond motifs is 1. The summed E-state index contributed by atoms with van der Waals surface area (Å²) >= 11 is 5.62. The lowest BCUT2D eigenvalue weighted by molar-refractivity contribution is -0.144. The Balaban J connectivity index is 2.74. The maximum Gasteiger partial charge on any atom is 0.451 e. The maximum atomic E-state index is 12.3. The minimum absolute atomic E-state index is 0.135. The van der Waals surface area contributed by atoms with Gasteiger partial charge in [-0.3, -0.25) is 0 Å². The summed E-state index contributed by atoms with van der Waals surface area (Å²) in [5, 5.41) is 0.447. The predicted octanol–water partition coefficient (Wildman–Crippen LogP) is 2.76. The highest BCUT2D eigenvalue weighted by molar-refractivity contribution is 6.31. The van der Waals surface area contributed by atoms with Crippen molar-refractivity contribution in [1.82, 2.24) is 15.0 Å². The fourth-order valence-corrected chi connectivity index (χ4v) is 1.29. The molecule has 2 aromatic heterocycles. The molecule has 0 aliphatic heterocycles. The molecule has 0 spiro atoms. The van der Waals surface area contributed by atoms with Crippen molar-refractivity contribution in [2.24, 2.45) is 0 Å². The largest absolute Gasteiger partial charge is 0.451 e. The number of hydrogen-bond acceptors (Lipinski definition) is 3. The van der Waals surface area contributed by atoms with E-state index in [4.69, 9.17) is 18.5 Å². The van der Waals surface area contributed by atoms with Crippen molar-refractivity contribution in [1.29, 1.82) is 0 Å². The summed E-state index contributed by atoms with van der Waals surface area (Å²) in [6, 6.07) is 1.36. The quantitative estimate of drug-likeness (QED) is 0.716. The molecule has 0 saturated heterocycles. The molecule has 0 atom stereocenters. The molecule has 7 heteroatoms. The van der Waals surface area contributed by atoms with E-state index in [-0.39, 0.29) is 21.7 Å². The molecule has 0 aromatic carbocycles. The summed E-state index contributed by atoms with van der Waals surface area (Å²) in [5.74, 6) is -1.31. The Bertz CT molecular complexity index is 553. The van der Waals surface area contributed by atoms with E-state index in [1.807, 2.05) is 0 Å². The Morgan fingerprint density at radius 2 is 1.94 bits per heavy atom. The third-order valence-electron chi connectivity index (χ3n) is 1.80. The Morgan fingerprint density at radius 3 is 2.56 bits per heavy atom. The number of aromatic nitrogens is 3. The van der Waals surface area contributed by atoms with E-state index in [1.165, 1.54) is 12.3 Å². The molecule has 0 aliphatic rings. The zero-order chi connectivity index (χ0) is 11.9. The second-order valence-corrected chi connectivity index (χ2v) is 3.39. The Labute approximate surface area is 93.3 Å². The van der Waals surface area contributed by atoms with Gasteiger partial charge in [0.25, 0.3) is 0 Å². The highest BCUT2D eigenvalue weighted by Crippen LogP contribution is 2.28. The standard InChI is InChI=1S/C9H3ClF3N3/c1-4-6-2-5(10)3-14-7(6)16-8(15-4)9(11,12)13/h1-3H. The second kappa shape index (κ2) is 3.55. The molecule has 0 unspecified atom stereocenters. The van der Waals surface area contributed by atoms with Crippen LogP contribution in [0.1, 0.15) is 11.5 Å². The molecule has 16 heavy (non-hydrogen) atoms. The van der Waals surface area contributed by atoms with Crippen molar-refractivity contribution in [2.75, 3.05) is 0 Å². The molecule has 0 amide bonds. The summed E-state index contributed by atoms with van der Waals surface area (Å²) in [6.07, 6.45) is -3.46. The van der Waals surface area contributed by atoms with Gasteiger partial charge in [-0.2, -0.15) is 13.2 Å². The van der Waals surface area contributed by atoms with Crippen LogP contribution in [-0.2, 0) is 6.18 Å². The first-order valence-corrected chi connectivity index (χ1v) is 4.41. The maximum absolute atomic E-state index is 12.3. The fourth-order valence-electron chi connectivity index (χ4n) is 1.14. The molecular weight excluding hydrogens is 243 g/mol. The van der Waals surface area contributed by atoms with Crippen molar-refractivity contribution in [3.8, 4) is 0 Å². The van der Waals surface area contributed by atoms with Crippen LogP contribution in [-0.4, -0.2) is 15.0 Å². The average Bonchev–Trinajstić information content (AvgIpc) is 2.17. The molecule has 2 heterocycles. The first kappa shape index (κ1) is 11.1. The molecule has 0 fully saturated rings. The molecule has 2 rings (SSSR count). The Kier molecular flexibility index (Phi) is 2.46. The lowest BCUT2D eigenvalue weighted by Crippen LogP contribution is -2.12. The van der Waals surface area contributed by atoms with Crippen molar-refractivity contribution in [3.05, 3.63) is 35.7 Å². The van der Waals surface area contributed by atoms with Gasteiger partial charge in [0.15, 0.2) is 5.65 Å². The first-order chi connectivity index (χ1) is 7.38. The zero-order valence-corrected chi connectivity index (χ0v) is 8.34. The van der Waals surface area contributed by atoms with Gasteiger partial charge in [0.2, 0.25) is 5.82 Å². The van der Waals surface area contributed by atoms with Crippen LogP contribution in [0.2, 0.25) is 5.02 Å². The normalized spacial score (nSPS) is 12.1. The van der Waals surface area contributed by atoms with Crippen molar-refractivity contribution in [2.45, 2.75) is 6.18 Å². The minimum Gasteiger partial charge on any atom is -0.235 e. The monoisotopic (exact) mass is 245 g/mol. The third-order valence-corrected chi connectivity index (χ3v) is 2.01. The van der Waals surface area contributed by atoms with Crippen molar-refractivity contribution < 1.29 is 13.2 Å². The summed E-state index contributed by atoms with van der Waals surface area (Å²) in [4.78, 5) is 10.1. The molecule has 0 bridgehead atoms. The average molecular weight is 246 g/mol. The predicted molar refractivity (Wildman–Crippen MR) is 50.7 cm³/mol. The lowest BCUT2D eigenvalue weighted by atomic mass is 10.2. The van der Waals surface area contributed by atoms with Crippen LogP contribution in [0.25, 0.3) is 11.0 Å². The first-order valence-electron chi connectivity index (χ1n) is 4.04. The van der Waals surface area contributed by atoms with Gasteiger partial charge < -0.3 is 0 Å². The van der Waals surface area contributed by atoms with Gasteiger partial charge in [-0.25, -0.2) is 15.0 Å². The van der Waals surface area contributed by atoms with E-state index in [9.17, 15) is 13.2 Å². The summed E-state index contributed by atoms with van der Waals surface area (Å²) < 4.78 is 37.0. The minimum atomic E-state index is -4.65. The van der Waals surface area contributed by atoms with Gasteiger partial charge >= 0.3 is 6.18 Å². The lowest BCUT2D eigenvalue weighted by Gasteiger charge is -2.07. The highest BCUT2D eigenvalue weighted by atomic mass is 35.5. The van der Waals surface area contributed by atoms with Gasteiger partial charge in [0.05, 0.1) is 10.7 Å². The Hall–Kier alpha value is -1.43. The van der Waals surface area contributed by atoms with Crippen molar-refractivity contribution >= 4 is 22.6 Å². The number of alkyl halides is 3. The number of hydrogen-bond donors (Lipinski definition) is 0. The smallest absolute Gasteiger partial charge is 0.235 e. The van der Waals surface area contributed by atoms with E-state index in [2.05, 4.69) is 15.0 Å². The van der Waals surface area contributed by atoms with Gasteiger partial charge in [-0.05, 0) is 6.07 Å². The van der Waals surface area contributed by atoms with Crippen LogP contribution in [0.4, 0.5) is 13.2 Å². The number of halogens is 4. The number of rotatable bonds is 0.